The van der Waals surface area contributed by atoms with Crippen molar-refractivity contribution in [1.29, 1.82) is 0 Å². The molecule has 4 nitrogen and oxygen atoms in total. The lowest BCUT2D eigenvalue weighted by Crippen LogP contribution is -2.37. The van der Waals surface area contributed by atoms with E-state index in [1.54, 1.807) is 18.2 Å². The number of carbonyl (C=O) groups is 2. The third-order valence-corrected chi connectivity index (χ3v) is 3.60. The Hall–Kier alpha value is -2.76. The second kappa shape index (κ2) is 8.19. The number of carbonyl (C=O) groups excluding carboxylic acids is 2. The number of hydrogen-bond acceptors (Lipinski definition) is 2. The number of amides is 2. The summed E-state index contributed by atoms with van der Waals surface area (Å²) in [6.45, 7) is 0.0703. The fourth-order valence-electron chi connectivity index (χ4n) is 2.31. The van der Waals surface area contributed by atoms with Crippen molar-refractivity contribution in [1.82, 2.24) is 5.32 Å². The van der Waals surface area contributed by atoms with Crippen molar-refractivity contribution in [3.63, 3.8) is 0 Å². The van der Waals surface area contributed by atoms with E-state index < -0.39 is 17.6 Å². The summed E-state index contributed by atoms with van der Waals surface area (Å²) in [6.07, 6.45) is 0.315. The summed E-state index contributed by atoms with van der Waals surface area (Å²) >= 11 is 0. The molecule has 0 bridgehead atoms. The van der Waals surface area contributed by atoms with Crippen LogP contribution in [0.2, 0.25) is 0 Å². The summed E-state index contributed by atoms with van der Waals surface area (Å²) in [4.78, 5) is 23.4. The molecule has 0 aliphatic carbocycles. The lowest BCUT2D eigenvalue weighted by atomic mass is 9.98. The van der Waals surface area contributed by atoms with Crippen LogP contribution in [-0.2, 0) is 22.4 Å². The highest BCUT2D eigenvalue weighted by molar-refractivity contribution is 5.81. The highest BCUT2D eigenvalue weighted by Gasteiger charge is 2.17. The molecule has 1 atom stereocenters. The summed E-state index contributed by atoms with van der Waals surface area (Å²) in [5.41, 5.74) is 6.65. The zero-order valence-corrected chi connectivity index (χ0v) is 13.0. The molecular weight excluding hydrogens is 314 g/mol. The molecule has 2 aromatic rings. The van der Waals surface area contributed by atoms with Gasteiger partial charge in [-0.1, -0.05) is 24.3 Å². The Kier molecular flexibility index (Phi) is 6.01. The van der Waals surface area contributed by atoms with E-state index in [9.17, 15) is 18.4 Å². The quantitative estimate of drug-likeness (QED) is 0.814. The fraction of sp³-hybridized carbons (Fsp3) is 0.222. The van der Waals surface area contributed by atoms with E-state index in [4.69, 9.17) is 5.73 Å². The Bertz CT molecular complexity index is 717. The van der Waals surface area contributed by atoms with Crippen LogP contribution in [0.5, 0.6) is 0 Å². The van der Waals surface area contributed by atoms with Crippen molar-refractivity contribution in [2.24, 2.45) is 11.7 Å². The summed E-state index contributed by atoms with van der Waals surface area (Å²) in [7, 11) is 0. The molecular formula is C18H18F2N2O2. The number of halogens is 2. The number of primary amides is 1. The minimum Gasteiger partial charge on any atom is -0.369 e. The van der Waals surface area contributed by atoms with Crippen molar-refractivity contribution < 1.29 is 18.4 Å². The Morgan fingerprint density at radius 2 is 1.71 bits per heavy atom. The molecule has 0 saturated heterocycles. The van der Waals surface area contributed by atoms with E-state index in [0.717, 1.165) is 5.56 Å². The molecule has 0 aliphatic heterocycles. The predicted octanol–water partition coefficient (Wildman–Crippen LogP) is 1.97. The van der Waals surface area contributed by atoms with E-state index >= 15 is 0 Å². The molecule has 2 rings (SSSR count). The first-order chi connectivity index (χ1) is 11.4. The highest BCUT2D eigenvalue weighted by atomic mass is 19.1. The maximum Gasteiger partial charge on any atom is 0.224 e. The third kappa shape index (κ3) is 5.46. The van der Waals surface area contributed by atoms with Gasteiger partial charge in [-0.25, -0.2) is 8.78 Å². The topological polar surface area (TPSA) is 72.2 Å². The van der Waals surface area contributed by atoms with Crippen LogP contribution in [0.25, 0.3) is 0 Å². The van der Waals surface area contributed by atoms with E-state index in [1.807, 2.05) is 0 Å². The van der Waals surface area contributed by atoms with E-state index in [-0.39, 0.29) is 24.7 Å². The van der Waals surface area contributed by atoms with Gasteiger partial charge < -0.3 is 11.1 Å². The molecule has 6 heteroatoms. The summed E-state index contributed by atoms with van der Waals surface area (Å²) in [5, 5.41) is 2.63. The Labute approximate surface area is 138 Å². The van der Waals surface area contributed by atoms with Gasteiger partial charge >= 0.3 is 0 Å². The molecule has 0 unspecified atom stereocenters. The first-order valence-electron chi connectivity index (χ1n) is 7.49. The van der Waals surface area contributed by atoms with Crippen LogP contribution in [0.15, 0.2) is 48.5 Å². The smallest absolute Gasteiger partial charge is 0.224 e. The molecule has 2 aromatic carbocycles. The second-order valence-electron chi connectivity index (χ2n) is 5.54. The van der Waals surface area contributed by atoms with Gasteiger partial charge in [0.05, 0.1) is 12.3 Å². The molecule has 0 aromatic heterocycles. The standard InChI is InChI=1S/C18H18F2N2O2/c19-15-6-4-12(5-7-15)8-14(18(21)24)11-22-17(23)10-13-2-1-3-16(20)9-13/h1-7,9,14H,8,10-11H2,(H2,21,24)(H,22,23)/t14-/m0/s1. The molecule has 0 saturated carbocycles. The number of nitrogens with two attached hydrogens (primary N) is 1. The Morgan fingerprint density at radius 1 is 1.00 bits per heavy atom. The zero-order chi connectivity index (χ0) is 17.5. The minimum absolute atomic E-state index is 0.0137. The molecule has 24 heavy (non-hydrogen) atoms. The first kappa shape index (κ1) is 17.6. The molecule has 0 aliphatic rings. The van der Waals surface area contributed by atoms with Crippen LogP contribution in [0.4, 0.5) is 8.78 Å². The largest absolute Gasteiger partial charge is 0.369 e. The van der Waals surface area contributed by atoms with Gasteiger partial charge in [0.15, 0.2) is 0 Å². The molecule has 0 heterocycles. The van der Waals surface area contributed by atoms with Gasteiger partial charge in [-0.15, -0.1) is 0 Å². The number of benzene rings is 2. The van der Waals surface area contributed by atoms with Crippen LogP contribution in [-0.4, -0.2) is 18.4 Å². The van der Waals surface area contributed by atoms with Gasteiger partial charge in [-0.3, -0.25) is 9.59 Å². The molecule has 0 radical (unpaired) electrons. The van der Waals surface area contributed by atoms with E-state index in [0.29, 0.717) is 12.0 Å². The fourth-order valence-corrected chi connectivity index (χ4v) is 2.31. The summed E-state index contributed by atoms with van der Waals surface area (Å²) in [5.74, 6) is -2.26. The molecule has 126 valence electrons. The normalized spacial score (nSPS) is 11.8. The van der Waals surface area contributed by atoms with Crippen molar-refractivity contribution in [3.8, 4) is 0 Å². The predicted molar refractivity (Wildman–Crippen MR) is 85.9 cm³/mol. The van der Waals surface area contributed by atoms with Crippen LogP contribution < -0.4 is 11.1 Å². The van der Waals surface area contributed by atoms with Crippen LogP contribution >= 0.6 is 0 Å². The molecule has 3 N–H and O–H groups in total. The minimum atomic E-state index is -0.605. The molecule has 0 fully saturated rings. The van der Waals surface area contributed by atoms with Gasteiger partial charge in [0.1, 0.15) is 11.6 Å². The Morgan fingerprint density at radius 3 is 2.33 bits per heavy atom. The van der Waals surface area contributed by atoms with Gasteiger partial charge in [0.2, 0.25) is 11.8 Å². The first-order valence-corrected chi connectivity index (χ1v) is 7.49. The van der Waals surface area contributed by atoms with E-state index in [1.165, 1.54) is 30.3 Å². The van der Waals surface area contributed by atoms with Gasteiger partial charge in [-0.05, 0) is 41.8 Å². The third-order valence-electron chi connectivity index (χ3n) is 3.60. The maximum atomic E-state index is 13.1. The van der Waals surface area contributed by atoms with Crippen LogP contribution in [0.1, 0.15) is 11.1 Å². The number of nitrogens with one attached hydrogen (secondary N) is 1. The second-order valence-corrected chi connectivity index (χ2v) is 5.54. The van der Waals surface area contributed by atoms with Crippen molar-refractivity contribution in [2.45, 2.75) is 12.8 Å². The lowest BCUT2D eigenvalue weighted by Gasteiger charge is -2.14. The van der Waals surface area contributed by atoms with Crippen molar-refractivity contribution in [2.75, 3.05) is 6.54 Å². The average molecular weight is 332 g/mol. The monoisotopic (exact) mass is 332 g/mol. The average Bonchev–Trinajstić information content (AvgIpc) is 2.53. The molecule has 2 amide bonds. The maximum absolute atomic E-state index is 13.1. The Balaban J connectivity index is 1.90. The lowest BCUT2D eigenvalue weighted by molar-refractivity contribution is -0.123. The number of hydrogen-bond donors (Lipinski definition) is 2. The van der Waals surface area contributed by atoms with E-state index in [2.05, 4.69) is 5.32 Å². The van der Waals surface area contributed by atoms with Crippen LogP contribution in [0.3, 0.4) is 0 Å². The highest BCUT2D eigenvalue weighted by Crippen LogP contribution is 2.10. The molecule has 0 spiro atoms. The zero-order valence-electron chi connectivity index (χ0n) is 13.0. The van der Waals surface area contributed by atoms with Gasteiger partial charge in [0, 0.05) is 6.54 Å². The summed E-state index contributed by atoms with van der Waals surface area (Å²) in [6, 6.07) is 11.5. The van der Waals surface area contributed by atoms with Crippen molar-refractivity contribution in [3.05, 3.63) is 71.3 Å². The van der Waals surface area contributed by atoms with Crippen LogP contribution in [0, 0.1) is 17.6 Å². The van der Waals surface area contributed by atoms with Crippen molar-refractivity contribution >= 4 is 11.8 Å². The van der Waals surface area contributed by atoms with Gasteiger partial charge in [0.25, 0.3) is 0 Å². The summed E-state index contributed by atoms with van der Waals surface area (Å²) < 4.78 is 26.0. The number of rotatable bonds is 7. The van der Waals surface area contributed by atoms with Gasteiger partial charge in [-0.2, -0.15) is 0 Å². The SMILES string of the molecule is NC(=O)[C@H](CNC(=O)Cc1cccc(F)c1)Cc1ccc(F)cc1.